The van der Waals surface area contributed by atoms with Crippen molar-refractivity contribution in [2.45, 2.75) is 0 Å². The predicted molar refractivity (Wildman–Crippen MR) is 219 cm³/mol. The van der Waals surface area contributed by atoms with Crippen molar-refractivity contribution in [3.63, 3.8) is 0 Å². The molecule has 8 aromatic carbocycles. The number of rotatable bonds is 4. The summed E-state index contributed by atoms with van der Waals surface area (Å²) in [6.07, 6.45) is 0. The van der Waals surface area contributed by atoms with Gasteiger partial charge in [-0.2, -0.15) is 0 Å². The van der Waals surface area contributed by atoms with Gasteiger partial charge in [0.05, 0.1) is 0 Å². The Kier molecular flexibility index (Phi) is 6.71. The number of nitrogens with zero attached hydrogens (tertiary/aromatic N) is 4. The van der Waals surface area contributed by atoms with Crippen LogP contribution >= 0.6 is 11.3 Å². The average molecular weight is 746 g/mol. The third kappa shape index (κ3) is 4.80. The molecule has 242 valence electrons. The van der Waals surface area contributed by atoms with Gasteiger partial charge in [0, 0.05) is 0 Å². The fraction of sp³-hybridized carbons (Fsp3) is 0. The molecule has 0 atom stereocenters. The van der Waals surface area contributed by atoms with Crippen LogP contribution in [0.25, 0.3) is 107 Å². The van der Waals surface area contributed by atoms with Gasteiger partial charge in [-0.1, -0.05) is 0 Å². The van der Waals surface area contributed by atoms with Gasteiger partial charge in [0.15, 0.2) is 0 Å². The van der Waals surface area contributed by atoms with Gasteiger partial charge in [0.1, 0.15) is 0 Å². The normalized spacial score (nSPS) is 11.8. The third-order valence-electron chi connectivity index (χ3n) is 9.91. The van der Waals surface area contributed by atoms with E-state index in [0.717, 1.165) is 38.0 Å². The molecule has 11 rings (SSSR count). The fourth-order valence-electron chi connectivity index (χ4n) is 7.38. The minimum absolute atomic E-state index is 0.0828. The Morgan fingerprint density at radius 3 is 1.85 bits per heavy atom. The Hall–Kier alpha value is -6.04. The van der Waals surface area contributed by atoms with Crippen LogP contribution in [0.5, 0.6) is 0 Å². The summed E-state index contributed by atoms with van der Waals surface area (Å²) < 4.78 is 3.96. The molecule has 0 fully saturated rings. The van der Waals surface area contributed by atoms with E-state index in [2.05, 4.69) is 121 Å². The first-order valence-electron chi connectivity index (χ1n) is 17.2. The molecule has 3 aromatic heterocycles. The Balaban J connectivity index is 1.15. The number of thiazole rings is 1. The fourth-order valence-corrected chi connectivity index (χ4v) is 11.0. The summed E-state index contributed by atoms with van der Waals surface area (Å²) in [5.74, 6) is 2.00. The Morgan fingerprint density at radius 1 is 0.404 bits per heavy atom. The van der Waals surface area contributed by atoms with E-state index in [0.29, 0.717) is 17.5 Å². The van der Waals surface area contributed by atoms with Gasteiger partial charge in [-0.05, 0) is 0 Å². The van der Waals surface area contributed by atoms with E-state index in [1.165, 1.54) is 51.1 Å². The summed E-state index contributed by atoms with van der Waals surface area (Å²) in [7, 11) is 0. The van der Waals surface area contributed by atoms with Crippen LogP contribution in [0.15, 0.2) is 158 Å². The van der Waals surface area contributed by atoms with E-state index in [1.807, 2.05) is 36.4 Å². The summed E-state index contributed by atoms with van der Waals surface area (Å²) >= 11 is 1.87. The Labute approximate surface area is 308 Å². The summed E-state index contributed by atoms with van der Waals surface area (Å²) in [5.41, 5.74) is 5.23. The molecule has 0 saturated heterocycles. The van der Waals surface area contributed by atoms with Gasteiger partial charge < -0.3 is 0 Å². The van der Waals surface area contributed by atoms with Crippen molar-refractivity contribution in [1.82, 2.24) is 19.9 Å². The van der Waals surface area contributed by atoms with E-state index in [-0.39, 0.29) is 14.5 Å². The molecule has 52 heavy (non-hydrogen) atoms. The molecule has 6 heteroatoms. The van der Waals surface area contributed by atoms with E-state index in [1.54, 1.807) is 11.3 Å². The zero-order chi connectivity index (χ0) is 34.2. The van der Waals surface area contributed by atoms with Crippen molar-refractivity contribution in [1.29, 1.82) is 0 Å². The summed E-state index contributed by atoms with van der Waals surface area (Å²) in [5, 5.41) is 10.9. The van der Waals surface area contributed by atoms with Crippen LogP contribution in [0.3, 0.4) is 0 Å². The van der Waals surface area contributed by atoms with Gasteiger partial charge in [0.2, 0.25) is 0 Å². The topological polar surface area (TPSA) is 51.6 Å². The zero-order valence-electron chi connectivity index (χ0n) is 27.6. The molecule has 0 spiro atoms. The number of hydrogen-bond acceptors (Lipinski definition) is 5. The van der Waals surface area contributed by atoms with Crippen molar-refractivity contribution in [2.75, 3.05) is 0 Å². The van der Waals surface area contributed by atoms with E-state index in [4.69, 9.17) is 19.9 Å². The second-order valence-electron chi connectivity index (χ2n) is 13.0. The number of benzene rings is 8. The van der Waals surface area contributed by atoms with Crippen LogP contribution in [-0.4, -0.2) is 34.4 Å². The SMILES string of the molecule is c1ccc(-c2nc(-c3ccccc3)nc(-c3cc4ccccc4c4cc5c(cc34)[se]c3c5ccc4sc(-c5ccc6ccccc6c5)nc43)n2)cc1. The van der Waals surface area contributed by atoms with Gasteiger partial charge in [-0.25, -0.2) is 0 Å². The zero-order valence-corrected chi connectivity index (χ0v) is 30.1. The van der Waals surface area contributed by atoms with Crippen LogP contribution in [0, 0.1) is 0 Å². The quantitative estimate of drug-likeness (QED) is 0.133. The molecular weight excluding hydrogens is 720 g/mol. The first-order chi connectivity index (χ1) is 25.7. The van der Waals surface area contributed by atoms with Gasteiger partial charge in [-0.15, -0.1) is 0 Å². The molecule has 0 bridgehead atoms. The van der Waals surface area contributed by atoms with Gasteiger partial charge in [0.25, 0.3) is 0 Å². The molecule has 0 aliphatic heterocycles. The predicted octanol–water partition coefficient (Wildman–Crippen LogP) is 12.0. The van der Waals surface area contributed by atoms with Crippen LogP contribution in [-0.2, 0) is 0 Å². The van der Waals surface area contributed by atoms with Crippen LogP contribution < -0.4 is 0 Å². The van der Waals surface area contributed by atoms with Crippen molar-refractivity contribution >= 4 is 87.7 Å². The van der Waals surface area contributed by atoms with Crippen molar-refractivity contribution in [3.8, 4) is 44.7 Å². The third-order valence-corrected chi connectivity index (χ3v) is 13.4. The summed E-state index contributed by atoms with van der Waals surface area (Å²) in [6.45, 7) is 0. The monoisotopic (exact) mass is 746 g/mol. The molecule has 0 amide bonds. The maximum atomic E-state index is 5.31. The minimum atomic E-state index is 0.0828. The second-order valence-corrected chi connectivity index (χ2v) is 16.3. The van der Waals surface area contributed by atoms with Crippen molar-refractivity contribution in [3.05, 3.63) is 158 Å². The number of hydrogen-bond donors (Lipinski definition) is 0. The average Bonchev–Trinajstić information content (AvgIpc) is 3.82. The van der Waals surface area contributed by atoms with E-state index >= 15 is 0 Å². The molecule has 0 saturated carbocycles. The van der Waals surface area contributed by atoms with Gasteiger partial charge >= 0.3 is 310 Å². The molecule has 0 aliphatic rings. The van der Waals surface area contributed by atoms with Crippen molar-refractivity contribution in [2.24, 2.45) is 0 Å². The molecule has 0 unspecified atom stereocenters. The first-order valence-corrected chi connectivity index (χ1v) is 19.7. The second kappa shape index (κ2) is 11.8. The Bertz CT molecular complexity index is 3130. The maximum absolute atomic E-state index is 5.31. The van der Waals surface area contributed by atoms with E-state index < -0.39 is 0 Å². The van der Waals surface area contributed by atoms with Crippen LogP contribution in [0.1, 0.15) is 0 Å². The van der Waals surface area contributed by atoms with Crippen LogP contribution in [0.2, 0.25) is 0 Å². The number of aromatic nitrogens is 4. The number of fused-ring (bicyclic) bond motifs is 9. The Morgan fingerprint density at radius 2 is 1.08 bits per heavy atom. The van der Waals surface area contributed by atoms with Crippen molar-refractivity contribution < 1.29 is 0 Å². The molecule has 11 aromatic rings. The molecular formula is C46H26N4SSe. The summed E-state index contributed by atoms with van der Waals surface area (Å²) in [4.78, 5) is 20.6. The van der Waals surface area contributed by atoms with Gasteiger partial charge in [-0.3, -0.25) is 0 Å². The van der Waals surface area contributed by atoms with E-state index in [9.17, 15) is 0 Å². The molecule has 4 nitrogen and oxygen atoms in total. The molecule has 0 radical (unpaired) electrons. The first kappa shape index (κ1) is 29.7. The molecule has 0 aliphatic carbocycles. The standard InChI is InChI=1S/C46H26N4SSe/c1-3-12-28(13-4-1)43-48-44(29-14-5-2-6-15-29)50-45(49-43)38-24-31-17-9-10-18-33(31)35-25-37-34-21-22-39-41(42(34)52-40(37)26-36(35)38)47-46(51-39)32-20-19-27-11-7-8-16-30(27)23-32/h1-26H. The molecule has 3 heterocycles. The molecule has 0 N–H and O–H groups in total. The van der Waals surface area contributed by atoms with Crippen LogP contribution in [0.4, 0.5) is 0 Å². The summed E-state index contributed by atoms with van der Waals surface area (Å²) in [6, 6.07) is 55.9.